The molecule has 0 unspecified atom stereocenters. The first-order chi connectivity index (χ1) is 10.7. The predicted molar refractivity (Wildman–Crippen MR) is 84.6 cm³/mol. The quantitative estimate of drug-likeness (QED) is 0.701. The second kappa shape index (κ2) is 9.30. The lowest BCUT2D eigenvalue weighted by molar-refractivity contribution is -0.192. The van der Waals surface area contributed by atoms with Crippen molar-refractivity contribution in [3.05, 3.63) is 42.5 Å². The number of benzene rings is 1. The van der Waals surface area contributed by atoms with Gasteiger partial charge in [0.1, 0.15) is 11.5 Å². The highest BCUT2D eigenvalue weighted by atomic mass is 35.5. The molecule has 24 heavy (non-hydrogen) atoms. The molecule has 1 heterocycles. The number of nitrogens with zero attached hydrogens (tertiary/aromatic N) is 3. The smallest absolute Gasteiger partial charge is 0.475 e. The van der Waals surface area contributed by atoms with E-state index < -0.39 is 12.1 Å². The molecule has 2 aromatic rings. The van der Waals surface area contributed by atoms with E-state index in [2.05, 4.69) is 15.2 Å². The first-order valence-electron chi connectivity index (χ1n) is 5.99. The van der Waals surface area contributed by atoms with Crippen LogP contribution in [0.4, 0.5) is 36.2 Å². The first-order valence-corrected chi connectivity index (χ1v) is 5.99. The highest BCUT2D eigenvalue weighted by Gasteiger charge is 2.38. The van der Waals surface area contributed by atoms with Gasteiger partial charge >= 0.3 is 12.1 Å². The maximum atomic E-state index is 10.6. The summed E-state index contributed by atoms with van der Waals surface area (Å²) in [6, 6.07) is 12.7. The average Bonchev–Trinajstić information content (AvgIpc) is 2.47. The maximum absolute atomic E-state index is 10.6. The Morgan fingerprint density at radius 3 is 2.04 bits per heavy atom. The minimum absolute atomic E-state index is 0. The molecule has 0 aliphatic carbocycles. The van der Waals surface area contributed by atoms with Crippen LogP contribution in [0, 0.1) is 0 Å². The van der Waals surface area contributed by atoms with Gasteiger partial charge in [0.25, 0.3) is 0 Å². The summed E-state index contributed by atoms with van der Waals surface area (Å²) in [5.41, 5.74) is 12.4. The Morgan fingerprint density at radius 1 is 1.04 bits per heavy atom. The molecule has 11 heteroatoms. The number of pyridine rings is 1. The fourth-order valence-corrected chi connectivity index (χ4v) is 1.17. The summed E-state index contributed by atoms with van der Waals surface area (Å²) in [7, 11) is 0. The van der Waals surface area contributed by atoms with Crippen molar-refractivity contribution in [2.45, 2.75) is 6.18 Å². The fourth-order valence-electron chi connectivity index (χ4n) is 1.17. The van der Waals surface area contributed by atoms with Gasteiger partial charge in [-0.3, -0.25) is 0 Å². The van der Waals surface area contributed by atoms with E-state index in [0.717, 1.165) is 5.69 Å². The van der Waals surface area contributed by atoms with Crippen molar-refractivity contribution in [2.24, 2.45) is 10.2 Å². The van der Waals surface area contributed by atoms with Gasteiger partial charge in [-0.2, -0.15) is 18.3 Å². The van der Waals surface area contributed by atoms with Gasteiger partial charge in [-0.05, 0) is 24.3 Å². The van der Waals surface area contributed by atoms with Gasteiger partial charge in [0.2, 0.25) is 0 Å². The van der Waals surface area contributed by atoms with Gasteiger partial charge in [0.05, 0.1) is 5.69 Å². The normalized spacial score (nSPS) is 10.5. The number of aliphatic carboxylic acids is 1. The summed E-state index contributed by atoms with van der Waals surface area (Å²) in [6.45, 7) is 0. The van der Waals surface area contributed by atoms with Gasteiger partial charge in [-0.15, -0.1) is 17.5 Å². The number of carboxylic acid groups (broad SMARTS) is 1. The van der Waals surface area contributed by atoms with Crippen molar-refractivity contribution in [2.75, 3.05) is 11.5 Å². The zero-order chi connectivity index (χ0) is 17.5. The van der Waals surface area contributed by atoms with Crippen LogP contribution < -0.4 is 11.5 Å². The average molecular weight is 364 g/mol. The van der Waals surface area contributed by atoms with Crippen molar-refractivity contribution in [1.29, 1.82) is 0 Å². The standard InChI is InChI=1S/C11H11N5.C2HF3O2.ClH/c12-10-7-6-9(11(13)14-10)16-15-8-4-2-1-3-5-8;3-2(4,5)1(6)7;/h1-7H,(H4,12,13,14);(H,6,7);1H/b16-15+;;. The minimum atomic E-state index is -5.08. The Hall–Kier alpha value is -2.88. The summed E-state index contributed by atoms with van der Waals surface area (Å²) in [6.07, 6.45) is -5.08. The molecule has 0 amide bonds. The second-order valence-corrected chi connectivity index (χ2v) is 3.98. The molecule has 1 aromatic carbocycles. The number of nitrogens with two attached hydrogens (primary N) is 2. The third kappa shape index (κ3) is 7.40. The van der Waals surface area contributed by atoms with E-state index in [1.807, 2.05) is 30.3 Å². The van der Waals surface area contributed by atoms with Crippen molar-refractivity contribution in [3.63, 3.8) is 0 Å². The van der Waals surface area contributed by atoms with Crippen LogP contribution in [0.2, 0.25) is 0 Å². The summed E-state index contributed by atoms with van der Waals surface area (Å²) >= 11 is 0. The minimum Gasteiger partial charge on any atom is -0.475 e. The summed E-state index contributed by atoms with van der Waals surface area (Å²) in [4.78, 5) is 12.8. The molecule has 0 aliphatic heterocycles. The fraction of sp³-hybridized carbons (Fsp3) is 0.0769. The Labute approximate surface area is 140 Å². The Bertz CT molecular complexity index is 696. The predicted octanol–water partition coefficient (Wildman–Crippen LogP) is 3.72. The molecule has 0 atom stereocenters. The number of anilines is 2. The number of aromatic nitrogens is 1. The number of alkyl halides is 3. The van der Waals surface area contributed by atoms with Crippen molar-refractivity contribution in [3.8, 4) is 0 Å². The van der Waals surface area contributed by atoms with Crippen molar-refractivity contribution < 1.29 is 23.1 Å². The van der Waals surface area contributed by atoms with Crippen LogP contribution in [0.3, 0.4) is 0 Å². The molecule has 0 radical (unpaired) electrons. The molecule has 0 saturated heterocycles. The van der Waals surface area contributed by atoms with E-state index in [9.17, 15) is 13.2 Å². The summed E-state index contributed by atoms with van der Waals surface area (Å²) < 4.78 is 31.7. The van der Waals surface area contributed by atoms with Gasteiger partial charge in [-0.25, -0.2) is 9.78 Å². The Kier molecular flexibility index (Phi) is 8.19. The van der Waals surface area contributed by atoms with E-state index in [4.69, 9.17) is 21.4 Å². The number of carbonyl (C=O) groups is 1. The third-order valence-electron chi connectivity index (χ3n) is 2.20. The molecule has 1 aromatic heterocycles. The van der Waals surface area contributed by atoms with Crippen LogP contribution in [0.15, 0.2) is 52.7 Å². The lowest BCUT2D eigenvalue weighted by atomic mass is 10.3. The van der Waals surface area contributed by atoms with Crippen LogP contribution >= 0.6 is 12.4 Å². The highest BCUT2D eigenvalue weighted by Crippen LogP contribution is 2.23. The topological polar surface area (TPSA) is 127 Å². The van der Waals surface area contributed by atoms with Crippen LogP contribution in [-0.4, -0.2) is 22.2 Å². The number of nitrogen functional groups attached to an aromatic ring is 2. The number of hydrogen-bond donors (Lipinski definition) is 3. The van der Waals surface area contributed by atoms with Crippen LogP contribution in [-0.2, 0) is 4.79 Å². The van der Waals surface area contributed by atoms with Crippen molar-refractivity contribution in [1.82, 2.24) is 4.98 Å². The first kappa shape index (κ1) is 21.1. The molecule has 0 bridgehead atoms. The van der Waals surface area contributed by atoms with Crippen molar-refractivity contribution >= 4 is 41.4 Å². The van der Waals surface area contributed by atoms with E-state index in [0.29, 0.717) is 11.5 Å². The molecule has 0 aliphatic rings. The van der Waals surface area contributed by atoms with E-state index in [1.165, 1.54) is 0 Å². The largest absolute Gasteiger partial charge is 0.490 e. The molecule has 0 fully saturated rings. The van der Waals surface area contributed by atoms with Crippen LogP contribution in [0.1, 0.15) is 0 Å². The molecule has 5 N–H and O–H groups in total. The van der Waals surface area contributed by atoms with Crippen LogP contribution in [0.5, 0.6) is 0 Å². The molecule has 7 nitrogen and oxygen atoms in total. The van der Waals surface area contributed by atoms with Crippen LogP contribution in [0.25, 0.3) is 0 Å². The van der Waals surface area contributed by atoms with E-state index in [-0.39, 0.29) is 18.2 Å². The molecule has 0 saturated carbocycles. The zero-order valence-corrected chi connectivity index (χ0v) is 12.8. The number of hydrogen-bond acceptors (Lipinski definition) is 6. The SMILES string of the molecule is Cl.Nc1ccc(/N=N/c2ccccc2)c(N)n1.O=C(O)C(F)(F)F. The third-order valence-corrected chi connectivity index (χ3v) is 2.20. The van der Waals surface area contributed by atoms with Gasteiger partial charge in [-0.1, -0.05) is 18.2 Å². The molecule has 0 spiro atoms. The Morgan fingerprint density at radius 2 is 1.58 bits per heavy atom. The van der Waals surface area contributed by atoms with Gasteiger partial charge in [0, 0.05) is 0 Å². The lowest BCUT2D eigenvalue weighted by Gasteiger charge is -1.98. The monoisotopic (exact) mass is 363 g/mol. The highest BCUT2D eigenvalue weighted by molar-refractivity contribution is 5.85. The van der Waals surface area contributed by atoms with Gasteiger partial charge < -0.3 is 16.6 Å². The number of rotatable bonds is 2. The van der Waals surface area contributed by atoms with E-state index in [1.54, 1.807) is 12.1 Å². The van der Waals surface area contributed by atoms with E-state index >= 15 is 0 Å². The molecule has 130 valence electrons. The maximum Gasteiger partial charge on any atom is 0.490 e. The number of halogens is 4. The zero-order valence-electron chi connectivity index (χ0n) is 11.9. The molecule has 2 rings (SSSR count). The number of carboxylic acids is 1. The summed E-state index contributed by atoms with van der Waals surface area (Å²) in [5.74, 6) is -2.11. The molecular formula is C13H13ClF3N5O2. The Balaban J connectivity index is 0.000000570. The van der Waals surface area contributed by atoms with Gasteiger partial charge in [0.15, 0.2) is 5.82 Å². The number of azo groups is 1. The summed E-state index contributed by atoms with van der Waals surface area (Å²) in [5, 5.41) is 15.2. The molecular weight excluding hydrogens is 351 g/mol. The second-order valence-electron chi connectivity index (χ2n) is 3.98. The lowest BCUT2D eigenvalue weighted by Crippen LogP contribution is -2.21.